The summed E-state index contributed by atoms with van der Waals surface area (Å²) in [6, 6.07) is 10.9. The maximum atomic E-state index is 2.34. The van der Waals surface area contributed by atoms with Gasteiger partial charge in [0.05, 0.1) is 0 Å². The van der Waals surface area contributed by atoms with Crippen molar-refractivity contribution in [2.24, 2.45) is 0 Å². The molecule has 1 aromatic rings. The third-order valence-electron chi connectivity index (χ3n) is 4.11. The van der Waals surface area contributed by atoms with Crippen LogP contribution in [0.5, 0.6) is 0 Å². The van der Waals surface area contributed by atoms with Gasteiger partial charge in [-0.1, -0.05) is 56.7 Å². The largest absolute Gasteiger partial charge is 1.00 e. The predicted molar refractivity (Wildman–Crippen MR) is 67.3 cm³/mol. The Morgan fingerprint density at radius 3 is 1.73 bits per heavy atom. The van der Waals surface area contributed by atoms with E-state index in [2.05, 4.69) is 51.1 Å². The maximum Gasteiger partial charge on any atom is 1.00 e. The third-order valence-corrected chi connectivity index (χ3v) is 4.11. The topological polar surface area (TPSA) is 0 Å². The molecule has 0 saturated carbocycles. The molecule has 0 nitrogen and oxygen atoms in total. The van der Waals surface area contributed by atoms with E-state index in [9.17, 15) is 0 Å². The van der Waals surface area contributed by atoms with Crippen LogP contribution in [0.25, 0.3) is 0 Å². The molecule has 0 atom stereocenters. The SMILES string of the molecule is CC[B-](CC)(CC)Cc1ccccc1.[Li+]. The van der Waals surface area contributed by atoms with Crippen molar-refractivity contribution >= 4 is 6.15 Å². The molecule has 0 N–H and O–H groups in total. The Kier molecular flexibility index (Phi) is 7.15. The van der Waals surface area contributed by atoms with Gasteiger partial charge in [-0.15, -0.1) is 0 Å². The molecule has 15 heavy (non-hydrogen) atoms. The van der Waals surface area contributed by atoms with Gasteiger partial charge in [0, 0.05) is 6.15 Å². The van der Waals surface area contributed by atoms with E-state index < -0.39 is 0 Å². The van der Waals surface area contributed by atoms with Crippen LogP contribution in [0.2, 0.25) is 19.0 Å². The summed E-state index contributed by atoms with van der Waals surface area (Å²) in [5, 5.41) is 0. The van der Waals surface area contributed by atoms with E-state index in [0.717, 1.165) is 0 Å². The van der Waals surface area contributed by atoms with Gasteiger partial charge in [-0.05, 0) is 0 Å². The van der Waals surface area contributed by atoms with Gasteiger partial charge < -0.3 is 0 Å². The van der Waals surface area contributed by atoms with E-state index in [4.69, 9.17) is 0 Å². The van der Waals surface area contributed by atoms with Gasteiger partial charge in [0.15, 0.2) is 0 Å². The first-order valence-electron chi connectivity index (χ1n) is 6.02. The van der Waals surface area contributed by atoms with Crippen LogP contribution in [-0.4, -0.2) is 6.15 Å². The van der Waals surface area contributed by atoms with E-state index in [1.807, 2.05) is 0 Å². The zero-order chi connectivity index (χ0) is 10.4. The molecule has 0 saturated heterocycles. The molecule has 78 valence electrons. The fourth-order valence-electron chi connectivity index (χ4n) is 2.41. The Bertz CT molecular complexity index is 246. The Morgan fingerprint density at radius 1 is 0.867 bits per heavy atom. The van der Waals surface area contributed by atoms with Crippen molar-refractivity contribution in [1.82, 2.24) is 0 Å². The summed E-state index contributed by atoms with van der Waals surface area (Å²) in [6.07, 6.45) is 5.20. The molecule has 2 heteroatoms. The van der Waals surface area contributed by atoms with Crippen LogP contribution < -0.4 is 18.9 Å². The summed E-state index contributed by atoms with van der Waals surface area (Å²) >= 11 is 0. The number of rotatable bonds is 5. The Hall–Kier alpha value is -0.118. The third kappa shape index (κ3) is 4.09. The Morgan fingerprint density at radius 2 is 1.33 bits per heavy atom. The van der Waals surface area contributed by atoms with Gasteiger partial charge in [0.1, 0.15) is 0 Å². The van der Waals surface area contributed by atoms with Crippen molar-refractivity contribution in [1.29, 1.82) is 0 Å². The fourth-order valence-corrected chi connectivity index (χ4v) is 2.41. The van der Waals surface area contributed by atoms with E-state index >= 15 is 0 Å². The van der Waals surface area contributed by atoms with Gasteiger partial charge in [0.25, 0.3) is 0 Å². The Labute approximate surface area is 107 Å². The number of hydrogen-bond acceptors (Lipinski definition) is 0. The van der Waals surface area contributed by atoms with E-state index in [1.54, 1.807) is 0 Å². The van der Waals surface area contributed by atoms with Crippen molar-refractivity contribution in [2.45, 2.75) is 46.1 Å². The molecule has 0 aliphatic carbocycles. The van der Waals surface area contributed by atoms with E-state index in [1.165, 1.54) is 30.8 Å². The van der Waals surface area contributed by atoms with Crippen LogP contribution in [0.15, 0.2) is 30.3 Å². The van der Waals surface area contributed by atoms with Gasteiger partial charge in [0.2, 0.25) is 0 Å². The zero-order valence-corrected chi connectivity index (χ0v) is 10.8. The monoisotopic (exact) mass is 196 g/mol. The molecule has 1 aromatic carbocycles. The molecule has 1 rings (SSSR count). The average molecular weight is 196 g/mol. The van der Waals surface area contributed by atoms with Crippen molar-refractivity contribution in [3.05, 3.63) is 35.9 Å². The summed E-state index contributed by atoms with van der Waals surface area (Å²) in [7, 11) is 0. The van der Waals surface area contributed by atoms with Crippen molar-refractivity contribution in [2.75, 3.05) is 0 Å². The second-order valence-electron chi connectivity index (χ2n) is 4.65. The van der Waals surface area contributed by atoms with Crippen LogP contribution in [-0.2, 0) is 6.32 Å². The van der Waals surface area contributed by atoms with Crippen LogP contribution in [0.4, 0.5) is 0 Å². The first kappa shape index (κ1) is 14.9. The standard InChI is InChI=1S/C13H22B.Li/c1-4-14(5-2,6-3)12-13-10-8-7-9-11-13;/h7-11H,4-6,12H2,1-3H3;/q-1;+1. The summed E-state index contributed by atoms with van der Waals surface area (Å²) in [4.78, 5) is 0. The molecule has 0 radical (unpaired) electrons. The zero-order valence-electron chi connectivity index (χ0n) is 10.8. The summed E-state index contributed by atoms with van der Waals surface area (Å²) in [5.41, 5.74) is 1.51. The smallest absolute Gasteiger partial charge is 0.181 e. The molecule has 0 fully saturated rings. The quantitative estimate of drug-likeness (QED) is 0.622. The maximum absolute atomic E-state index is 2.34. The molecule has 0 bridgehead atoms. The van der Waals surface area contributed by atoms with Crippen molar-refractivity contribution in [3.63, 3.8) is 0 Å². The molecule has 0 aliphatic rings. The van der Waals surface area contributed by atoms with E-state index in [-0.39, 0.29) is 25.0 Å². The molecular weight excluding hydrogens is 174 g/mol. The Balaban J connectivity index is 0.00000196. The predicted octanol–water partition coefficient (Wildman–Crippen LogP) is 1.28. The van der Waals surface area contributed by atoms with Gasteiger partial charge >= 0.3 is 18.9 Å². The van der Waals surface area contributed by atoms with Crippen molar-refractivity contribution < 1.29 is 18.9 Å². The molecule has 0 aliphatic heterocycles. The van der Waals surface area contributed by atoms with Crippen molar-refractivity contribution in [3.8, 4) is 0 Å². The molecule has 0 unspecified atom stereocenters. The van der Waals surface area contributed by atoms with Gasteiger partial charge in [-0.25, -0.2) is 0 Å². The van der Waals surface area contributed by atoms with Crippen LogP contribution >= 0.6 is 0 Å². The second-order valence-corrected chi connectivity index (χ2v) is 4.65. The second kappa shape index (κ2) is 7.20. The minimum atomic E-state index is -0.140. The van der Waals surface area contributed by atoms with Crippen LogP contribution in [0.3, 0.4) is 0 Å². The van der Waals surface area contributed by atoms with Gasteiger partial charge in [-0.3, -0.25) is 0 Å². The normalized spacial score (nSPS) is 10.9. The molecular formula is C13H22BLi. The minimum absolute atomic E-state index is 0. The van der Waals surface area contributed by atoms with E-state index in [0.29, 0.717) is 0 Å². The summed E-state index contributed by atoms with van der Waals surface area (Å²) in [5.74, 6) is 0. The van der Waals surface area contributed by atoms with Gasteiger partial charge in [-0.2, -0.15) is 25.3 Å². The summed E-state index contributed by atoms with van der Waals surface area (Å²) < 4.78 is 0. The molecule has 0 spiro atoms. The average Bonchev–Trinajstić information content (AvgIpc) is 2.28. The molecule has 0 aromatic heterocycles. The van der Waals surface area contributed by atoms with Crippen LogP contribution in [0, 0.1) is 0 Å². The molecule has 0 amide bonds. The fraction of sp³-hybridized carbons (Fsp3) is 0.538. The summed E-state index contributed by atoms with van der Waals surface area (Å²) in [6.45, 7) is 7.03. The number of hydrogen-bond donors (Lipinski definition) is 0. The van der Waals surface area contributed by atoms with Crippen LogP contribution in [0.1, 0.15) is 26.3 Å². The first-order valence-corrected chi connectivity index (χ1v) is 6.02. The first-order chi connectivity index (χ1) is 6.76. The number of benzene rings is 1. The molecule has 0 heterocycles. The minimum Gasteiger partial charge on any atom is -0.181 e.